The SMILES string of the molecule is COc1ccc(S(=O)(=O)N2CCCC(C(=O)Nc3nc4ccc(NC(C)=O)cc4s3)C2)cc1. The molecule has 4 rings (SSSR count). The summed E-state index contributed by atoms with van der Waals surface area (Å²) in [7, 11) is -2.19. The Balaban J connectivity index is 1.45. The number of methoxy groups -OCH3 is 1. The molecule has 0 aliphatic carbocycles. The van der Waals surface area contributed by atoms with Crippen LogP contribution in [0.2, 0.25) is 0 Å². The number of fused-ring (bicyclic) bond motifs is 1. The van der Waals surface area contributed by atoms with Crippen molar-refractivity contribution in [3.63, 3.8) is 0 Å². The minimum absolute atomic E-state index is 0.109. The molecule has 9 nitrogen and oxygen atoms in total. The van der Waals surface area contributed by atoms with Crippen LogP contribution < -0.4 is 15.4 Å². The van der Waals surface area contributed by atoms with Crippen molar-refractivity contribution < 1.29 is 22.7 Å². The number of ether oxygens (including phenoxy) is 1. The van der Waals surface area contributed by atoms with E-state index in [0.717, 1.165) is 4.70 Å². The van der Waals surface area contributed by atoms with Crippen LogP contribution in [0.15, 0.2) is 47.4 Å². The summed E-state index contributed by atoms with van der Waals surface area (Å²) in [6.45, 7) is 1.91. The zero-order valence-corrected chi connectivity index (χ0v) is 19.8. The molecule has 0 bridgehead atoms. The number of nitrogens with zero attached hydrogens (tertiary/aromatic N) is 2. The van der Waals surface area contributed by atoms with Crippen molar-refractivity contribution in [2.75, 3.05) is 30.8 Å². The molecule has 1 aliphatic rings. The van der Waals surface area contributed by atoms with Crippen molar-refractivity contribution >= 4 is 54.2 Å². The molecule has 1 saturated heterocycles. The molecule has 1 aromatic heterocycles. The third kappa shape index (κ3) is 5.15. The molecule has 2 N–H and O–H groups in total. The summed E-state index contributed by atoms with van der Waals surface area (Å²) in [5.74, 6) is -0.330. The van der Waals surface area contributed by atoms with Gasteiger partial charge in [-0.1, -0.05) is 11.3 Å². The molecule has 1 unspecified atom stereocenters. The van der Waals surface area contributed by atoms with E-state index in [9.17, 15) is 18.0 Å². The highest BCUT2D eigenvalue weighted by Gasteiger charge is 2.33. The van der Waals surface area contributed by atoms with E-state index in [1.165, 1.54) is 41.8 Å². The number of amides is 2. The van der Waals surface area contributed by atoms with Crippen LogP contribution in [0.5, 0.6) is 5.75 Å². The average Bonchev–Trinajstić information content (AvgIpc) is 3.20. The van der Waals surface area contributed by atoms with Gasteiger partial charge in [-0.05, 0) is 55.3 Å². The summed E-state index contributed by atoms with van der Waals surface area (Å²) in [6, 6.07) is 11.5. The topological polar surface area (TPSA) is 118 Å². The third-order valence-corrected chi connectivity index (χ3v) is 8.20. The lowest BCUT2D eigenvalue weighted by Crippen LogP contribution is -2.43. The van der Waals surface area contributed by atoms with Gasteiger partial charge in [-0.25, -0.2) is 13.4 Å². The smallest absolute Gasteiger partial charge is 0.243 e. The first kappa shape index (κ1) is 23.1. The van der Waals surface area contributed by atoms with E-state index < -0.39 is 15.9 Å². The Kier molecular flexibility index (Phi) is 6.63. The predicted octanol–water partition coefficient (Wildman–Crippen LogP) is 3.30. The first-order valence-corrected chi connectivity index (χ1v) is 12.6. The summed E-state index contributed by atoms with van der Waals surface area (Å²) in [5, 5.41) is 5.99. The molecule has 1 fully saturated rings. The van der Waals surface area contributed by atoms with Gasteiger partial charge in [0, 0.05) is 25.7 Å². The van der Waals surface area contributed by atoms with Gasteiger partial charge in [0.2, 0.25) is 21.8 Å². The zero-order valence-electron chi connectivity index (χ0n) is 18.2. The Bertz CT molecular complexity index is 1290. The fraction of sp³-hybridized carbons (Fsp3) is 0.318. The minimum atomic E-state index is -3.71. The van der Waals surface area contributed by atoms with Crippen molar-refractivity contribution in [1.29, 1.82) is 0 Å². The maximum atomic E-state index is 13.1. The first-order valence-electron chi connectivity index (χ1n) is 10.4. The van der Waals surface area contributed by atoms with E-state index >= 15 is 0 Å². The number of thiazole rings is 1. The molecule has 2 heterocycles. The highest BCUT2D eigenvalue weighted by molar-refractivity contribution is 7.89. The Hall–Kier alpha value is -3.02. The zero-order chi connectivity index (χ0) is 23.6. The fourth-order valence-electron chi connectivity index (χ4n) is 3.74. The van der Waals surface area contributed by atoms with E-state index in [4.69, 9.17) is 4.74 Å². The molecule has 0 radical (unpaired) electrons. The van der Waals surface area contributed by atoms with Gasteiger partial charge in [0.15, 0.2) is 5.13 Å². The molecule has 11 heteroatoms. The van der Waals surface area contributed by atoms with Crippen LogP contribution in [0.3, 0.4) is 0 Å². The Labute approximate surface area is 195 Å². The highest BCUT2D eigenvalue weighted by atomic mass is 32.2. The monoisotopic (exact) mass is 488 g/mol. The second kappa shape index (κ2) is 9.46. The molecule has 1 aliphatic heterocycles. The van der Waals surface area contributed by atoms with Gasteiger partial charge in [-0.15, -0.1) is 0 Å². The summed E-state index contributed by atoms with van der Waals surface area (Å²) >= 11 is 1.30. The van der Waals surface area contributed by atoms with Crippen molar-refractivity contribution in [3.8, 4) is 5.75 Å². The van der Waals surface area contributed by atoms with E-state index in [-0.39, 0.29) is 23.3 Å². The summed E-state index contributed by atoms with van der Waals surface area (Å²) in [5.41, 5.74) is 1.36. The number of piperidine rings is 1. The number of rotatable bonds is 6. The highest BCUT2D eigenvalue weighted by Crippen LogP contribution is 2.30. The first-order chi connectivity index (χ1) is 15.8. The van der Waals surface area contributed by atoms with Gasteiger partial charge in [-0.2, -0.15) is 4.31 Å². The van der Waals surface area contributed by atoms with Crippen molar-refractivity contribution in [3.05, 3.63) is 42.5 Å². The maximum Gasteiger partial charge on any atom is 0.243 e. The quantitative estimate of drug-likeness (QED) is 0.550. The molecular formula is C22H24N4O5S2. The van der Waals surface area contributed by atoms with Gasteiger partial charge < -0.3 is 15.4 Å². The van der Waals surface area contributed by atoms with Gasteiger partial charge in [-0.3, -0.25) is 9.59 Å². The average molecular weight is 489 g/mol. The molecule has 2 amide bonds. The molecule has 33 heavy (non-hydrogen) atoms. The van der Waals surface area contributed by atoms with Gasteiger partial charge in [0.1, 0.15) is 5.75 Å². The van der Waals surface area contributed by atoms with Crippen LogP contribution in [-0.2, 0) is 19.6 Å². The molecule has 174 valence electrons. The number of hydrogen-bond donors (Lipinski definition) is 2. The fourth-order valence-corrected chi connectivity index (χ4v) is 6.17. The number of benzene rings is 2. The normalized spacial score (nSPS) is 17.0. The van der Waals surface area contributed by atoms with Crippen LogP contribution in [0.25, 0.3) is 10.2 Å². The van der Waals surface area contributed by atoms with Gasteiger partial charge in [0.05, 0.1) is 28.1 Å². The lowest BCUT2D eigenvalue weighted by atomic mass is 9.99. The largest absolute Gasteiger partial charge is 0.497 e. The number of carbonyl (C=O) groups excluding carboxylic acids is 2. The molecule has 0 saturated carbocycles. The van der Waals surface area contributed by atoms with Crippen LogP contribution >= 0.6 is 11.3 Å². The number of anilines is 2. The summed E-state index contributed by atoms with van der Waals surface area (Å²) in [4.78, 5) is 28.8. The molecule has 1 atom stereocenters. The Morgan fingerprint density at radius 1 is 1.15 bits per heavy atom. The van der Waals surface area contributed by atoms with Crippen LogP contribution in [-0.4, -0.2) is 49.7 Å². The molecule has 3 aromatic rings. The minimum Gasteiger partial charge on any atom is -0.497 e. The summed E-state index contributed by atoms with van der Waals surface area (Å²) in [6.07, 6.45) is 1.19. The van der Waals surface area contributed by atoms with Crippen molar-refractivity contribution in [2.45, 2.75) is 24.7 Å². The van der Waals surface area contributed by atoms with Gasteiger partial charge in [0.25, 0.3) is 0 Å². The second-order valence-electron chi connectivity index (χ2n) is 7.75. The number of nitrogens with one attached hydrogen (secondary N) is 2. The summed E-state index contributed by atoms with van der Waals surface area (Å²) < 4.78 is 33.4. The van der Waals surface area contributed by atoms with Crippen LogP contribution in [0.1, 0.15) is 19.8 Å². The van der Waals surface area contributed by atoms with Crippen LogP contribution in [0, 0.1) is 5.92 Å². The van der Waals surface area contributed by atoms with E-state index in [1.807, 2.05) is 0 Å². The van der Waals surface area contributed by atoms with Crippen molar-refractivity contribution in [1.82, 2.24) is 9.29 Å². The van der Waals surface area contributed by atoms with Crippen LogP contribution in [0.4, 0.5) is 10.8 Å². The standard InChI is InChI=1S/C22H24N4O5S2/c1-14(27)23-16-5-10-19-20(12-16)32-22(24-19)25-21(28)15-4-3-11-26(13-15)33(29,30)18-8-6-17(31-2)7-9-18/h5-10,12,15H,3-4,11,13H2,1-2H3,(H,23,27)(H,24,25,28). The lowest BCUT2D eigenvalue weighted by molar-refractivity contribution is -0.121. The number of hydrogen-bond acceptors (Lipinski definition) is 7. The van der Waals surface area contributed by atoms with Crippen molar-refractivity contribution in [2.24, 2.45) is 5.92 Å². The number of sulfonamides is 1. The third-order valence-electron chi connectivity index (χ3n) is 5.39. The molecule has 2 aromatic carbocycles. The van der Waals surface area contributed by atoms with E-state index in [0.29, 0.717) is 41.5 Å². The second-order valence-corrected chi connectivity index (χ2v) is 10.7. The van der Waals surface area contributed by atoms with E-state index in [2.05, 4.69) is 15.6 Å². The lowest BCUT2D eigenvalue weighted by Gasteiger charge is -2.31. The van der Waals surface area contributed by atoms with E-state index in [1.54, 1.807) is 30.3 Å². The maximum absolute atomic E-state index is 13.1. The Morgan fingerprint density at radius 2 is 1.91 bits per heavy atom. The number of aromatic nitrogens is 1. The van der Waals surface area contributed by atoms with Gasteiger partial charge >= 0.3 is 0 Å². The molecule has 0 spiro atoms. The Morgan fingerprint density at radius 3 is 2.61 bits per heavy atom. The number of carbonyl (C=O) groups is 2. The predicted molar refractivity (Wildman–Crippen MR) is 127 cm³/mol. The molecular weight excluding hydrogens is 464 g/mol.